The molecular formula is C19H19Cl2N3O3S. The van der Waals surface area contributed by atoms with E-state index in [0.717, 1.165) is 16.8 Å². The number of rotatable bonds is 8. The number of benzene rings is 2. The Labute approximate surface area is 177 Å². The summed E-state index contributed by atoms with van der Waals surface area (Å²) in [5.41, 5.74) is 8.80. The van der Waals surface area contributed by atoms with Gasteiger partial charge >= 0.3 is 0 Å². The van der Waals surface area contributed by atoms with E-state index < -0.39 is 0 Å². The number of hydrazine groups is 1. The molecule has 2 N–H and O–H groups in total. The summed E-state index contributed by atoms with van der Waals surface area (Å²) in [6.45, 7) is 0.521. The number of anilines is 1. The summed E-state index contributed by atoms with van der Waals surface area (Å²) in [7, 11) is 4.75. The molecule has 0 radical (unpaired) electrons. The molecule has 0 saturated carbocycles. The fourth-order valence-corrected chi connectivity index (χ4v) is 3.80. The second-order valence-electron chi connectivity index (χ2n) is 5.67. The molecule has 1 aromatic heterocycles. The summed E-state index contributed by atoms with van der Waals surface area (Å²) >= 11 is 13.7. The number of halogens is 2. The number of hydrogen-bond donors (Lipinski definition) is 2. The van der Waals surface area contributed by atoms with Crippen LogP contribution in [0.5, 0.6) is 17.2 Å². The molecule has 0 bridgehead atoms. The molecule has 0 spiro atoms. The first-order valence-electron chi connectivity index (χ1n) is 8.24. The number of methoxy groups -OCH3 is 3. The van der Waals surface area contributed by atoms with Gasteiger partial charge < -0.3 is 14.2 Å². The maximum Gasteiger partial charge on any atom is 0.203 e. The van der Waals surface area contributed by atoms with Crippen LogP contribution in [-0.4, -0.2) is 26.3 Å². The van der Waals surface area contributed by atoms with E-state index in [-0.39, 0.29) is 0 Å². The van der Waals surface area contributed by atoms with E-state index in [9.17, 15) is 0 Å². The minimum atomic E-state index is 0.521. The molecule has 28 heavy (non-hydrogen) atoms. The van der Waals surface area contributed by atoms with Crippen molar-refractivity contribution in [3.63, 3.8) is 0 Å². The molecule has 0 aliphatic carbocycles. The van der Waals surface area contributed by atoms with Crippen LogP contribution in [0, 0.1) is 0 Å². The maximum absolute atomic E-state index is 6.25. The molecule has 1 heterocycles. The molecule has 0 aliphatic rings. The normalized spacial score (nSPS) is 10.6. The Morgan fingerprint density at radius 1 is 1.00 bits per heavy atom. The molecule has 6 nitrogen and oxygen atoms in total. The average Bonchev–Trinajstić information content (AvgIpc) is 3.15. The van der Waals surface area contributed by atoms with Crippen LogP contribution in [0.25, 0.3) is 11.3 Å². The van der Waals surface area contributed by atoms with E-state index in [1.807, 2.05) is 23.6 Å². The number of hydrogen-bond acceptors (Lipinski definition) is 7. The quantitative estimate of drug-likeness (QED) is 0.466. The molecule has 3 aromatic rings. The molecule has 9 heteroatoms. The summed E-state index contributed by atoms with van der Waals surface area (Å²) in [6, 6.07) is 9.12. The monoisotopic (exact) mass is 439 g/mol. The molecule has 0 saturated heterocycles. The van der Waals surface area contributed by atoms with Crippen molar-refractivity contribution < 1.29 is 14.2 Å². The number of ether oxygens (including phenoxy) is 3. The van der Waals surface area contributed by atoms with Gasteiger partial charge in [-0.15, -0.1) is 11.3 Å². The largest absolute Gasteiger partial charge is 0.493 e. The number of thiazole rings is 1. The lowest BCUT2D eigenvalue weighted by molar-refractivity contribution is 0.323. The van der Waals surface area contributed by atoms with Crippen molar-refractivity contribution in [2.45, 2.75) is 6.54 Å². The second-order valence-corrected chi connectivity index (χ2v) is 7.38. The predicted molar refractivity (Wildman–Crippen MR) is 114 cm³/mol. The van der Waals surface area contributed by atoms with Crippen LogP contribution in [-0.2, 0) is 6.54 Å². The lowest BCUT2D eigenvalue weighted by atomic mass is 10.2. The molecule has 0 fully saturated rings. The van der Waals surface area contributed by atoms with Crippen LogP contribution < -0.4 is 25.1 Å². The van der Waals surface area contributed by atoms with E-state index in [1.165, 1.54) is 11.3 Å². The summed E-state index contributed by atoms with van der Waals surface area (Å²) in [4.78, 5) is 4.55. The highest BCUT2D eigenvalue weighted by molar-refractivity contribution is 7.14. The maximum atomic E-state index is 6.25. The van der Waals surface area contributed by atoms with E-state index in [1.54, 1.807) is 33.5 Å². The van der Waals surface area contributed by atoms with Gasteiger partial charge in [0.25, 0.3) is 0 Å². The Kier molecular flexibility index (Phi) is 6.85. The Morgan fingerprint density at radius 3 is 2.32 bits per heavy atom. The predicted octanol–water partition coefficient (Wildman–Crippen LogP) is 5.26. The zero-order valence-electron chi connectivity index (χ0n) is 15.5. The molecule has 2 aromatic carbocycles. The van der Waals surface area contributed by atoms with Crippen molar-refractivity contribution in [1.82, 2.24) is 10.4 Å². The zero-order chi connectivity index (χ0) is 20.1. The molecule has 0 amide bonds. The van der Waals surface area contributed by atoms with Gasteiger partial charge in [0.1, 0.15) is 0 Å². The van der Waals surface area contributed by atoms with Crippen LogP contribution in [0.1, 0.15) is 5.56 Å². The van der Waals surface area contributed by atoms with E-state index in [2.05, 4.69) is 15.8 Å². The van der Waals surface area contributed by atoms with Crippen molar-refractivity contribution in [3.8, 4) is 28.5 Å². The van der Waals surface area contributed by atoms with Gasteiger partial charge in [0, 0.05) is 22.5 Å². The fourth-order valence-electron chi connectivity index (χ4n) is 2.61. The first-order chi connectivity index (χ1) is 13.5. The fraction of sp³-hybridized carbons (Fsp3) is 0.211. The van der Waals surface area contributed by atoms with Gasteiger partial charge in [-0.1, -0.05) is 23.2 Å². The smallest absolute Gasteiger partial charge is 0.203 e. The highest BCUT2D eigenvalue weighted by atomic mass is 35.5. The van der Waals surface area contributed by atoms with Gasteiger partial charge in [0.05, 0.1) is 32.0 Å². The minimum Gasteiger partial charge on any atom is -0.493 e. The SMILES string of the molecule is COc1cc(CNNc2nc(-c3ccc(Cl)cc3Cl)cs2)cc(OC)c1OC. The summed E-state index contributed by atoms with van der Waals surface area (Å²) in [6.07, 6.45) is 0. The van der Waals surface area contributed by atoms with Crippen LogP contribution >= 0.6 is 34.5 Å². The molecule has 148 valence electrons. The number of nitrogens with zero attached hydrogens (tertiary/aromatic N) is 1. The summed E-state index contributed by atoms with van der Waals surface area (Å²) < 4.78 is 16.1. The van der Waals surface area contributed by atoms with Gasteiger partial charge in [-0.25, -0.2) is 10.4 Å². The lowest BCUT2D eigenvalue weighted by Crippen LogP contribution is -2.20. The molecule has 0 aliphatic heterocycles. The molecule has 0 atom stereocenters. The zero-order valence-corrected chi connectivity index (χ0v) is 17.8. The standard InChI is InChI=1S/C19H19Cl2N3O3S/c1-25-16-6-11(7-17(26-2)18(16)27-3)9-22-24-19-23-15(10-28-19)13-5-4-12(20)8-14(13)21/h4-8,10,22H,9H2,1-3H3,(H,23,24). The molecule has 3 rings (SSSR count). The van der Waals surface area contributed by atoms with Gasteiger partial charge in [-0.2, -0.15) is 0 Å². The average molecular weight is 440 g/mol. The van der Waals surface area contributed by atoms with Crippen molar-refractivity contribution in [2.75, 3.05) is 26.8 Å². The molecular weight excluding hydrogens is 421 g/mol. The highest BCUT2D eigenvalue weighted by Crippen LogP contribution is 2.38. The highest BCUT2D eigenvalue weighted by Gasteiger charge is 2.13. The van der Waals surface area contributed by atoms with E-state index in [0.29, 0.717) is 39.0 Å². The summed E-state index contributed by atoms with van der Waals surface area (Å²) in [5.74, 6) is 1.77. The Balaban J connectivity index is 1.67. The van der Waals surface area contributed by atoms with Crippen molar-refractivity contribution >= 4 is 39.7 Å². The van der Waals surface area contributed by atoms with Gasteiger partial charge in [0.15, 0.2) is 16.6 Å². The third-order valence-electron chi connectivity index (χ3n) is 3.92. The van der Waals surface area contributed by atoms with Crippen molar-refractivity contribution in [1.29, 1.82) is 0 Å². The van der Waals surface area contributed by atoms with Crippen LogP contribution in [0.3, 0.4) is 0 Å². The summed E-state index contributed by atoms with van der Waals surface area (Å²) in [5, 5.41) is 3.80. The number of nitrogens with one attached hydrogen (secondary N) is 2. The van der Waals surface area contributed by atoms with Crippen molar-refractivity contribution in [2.24, 2.45) is 0 Å². The van der Waals surface area contributed by atoms with Gasteiger partial charge in [-0.05, 0) is 35.9 Å². The van der Waals surface area contributed by atoms with E-state index in [4.69, 9.17) is 37.4 Å². The van der Waals surface area contributed by atoms with Crippen LogP contribution in [0.15, 0.2) is 35.7 Å². The number of aromatic nitrogens is 1. The van der Waals surface area contributed by atoms with E-state index >= 15 is 0 Å². The third-order valence-corrected chi connectivity index (χ3v) is 5.23. The third kappa shape index (κ3) is 4.62. The van der Waals surface area contributed by atoms with Crippen molar-refractivity contribution in [3.05, 3.63) is 51.3 Å². The Morgan fingerprint density at radius 2 is 1.71 bits per heavy atom. The Bertz CT molecular complexity index is 940. The first-order valence-corrected chi connectivity index (χ1v) is 9.88. The lowest BCUT2D eigenvalue weighted by Gasteiger charge is -2.14. The topological polar surface area (TPSA) is 64.6 Å². The Hall–Kier alpha value is -2.19. The van der Waals surface area contributed by atoms with Gasteiger partial charge in [-0.3, -0.25) is 5.43 Å². The first kappa shape index (κ1) is 20.5. The molecule has 0 unspecified atom stereocenters. The van der Waals surface area contributed by atoms with Crippen LogP contribution in [0.4, 0.5) is 5.13 Å². The van der Waals surface area contributed by atoms with Crippen LogP contribution in [0.2, 0.25) is 10.0 Å². The minimum absolute atomic E-state index is 0.521. The van der Waals surface area contributed by atoms with Gasteiger partial charge in [0.2, 0.25) is 5.75 Å². The second kappa shape index (κ2) is 9.34.